The second-order valence-corrected chi connectivity index (χ2v) is 5.06. The van der Waals surface area contributed by atoms with Crippen molar-refractivity contribution < 1.29 is 4.74 Å². The van der Waals surface area contributed by atoms with Crippen LogP contribution in [-0.2, 0) is 18.3 Å². The Labute approximate surface area is 133 Å². The summed E-state index contributed by atoms with van der Waals surface area (Å²) in [5.41, 5.74) is 7.96. The Bertz CT molecular complexity index is 409. The average molecular weight is 325 g/mol. The van der Waals surface area contributed by atoms with Crippen molar-refractivity contribution in [1.82, 2.24) is 14.5 Å². The smallest absolute Gasteiger partial charge is 0.123 e. The molecule has 0 aliphatic carbocycles. The number of hydrogen-bond acceptors (Lipinski definition) is 4. The Kier molecular flexibility index (Phi) is 8.70. The van der Waals surface area contributed by atoms with E-state index in [1.807, 2.05) is 0 Å². The van der Waals surface area contributed by atoms with Crippen molar-refractivity contribution in [3.63, 3.8) is 0 Å². The first-order valence-corrected chi connectivity index (χ1v) is 6.64. The topological polar surface area (TPSA) is 56.3 Å². The third kappa shape index (κ3) is 4.60. The summed E-state index contributed by atoms with van der Waals surface area (Å²) in [4.78, 5) is 7.04. The van der Waals surface area contributed by atoms with E-state index in [0.717, 1.165) is 44.2 Å². The van der Waals surface area contributed by atoms with Crippen molar-refractivity contribution in [3.8, 4) is 0 Å². The molecule has 0 aromatic carbocycles. The summed E-state index contributed by atoms with van der Waals surface area (Å²) < 4.78 is 7.88. The number of aryl methyl sites for hydroxylation is 1. The second-order valence-electron chi connectivity index (χ2n) is 5.06. The predicted molar refractivity (Wildman–Crippen MR) is 85.9 cm³/mol. The molecule has 20 heavy (non-hydrogen) atoms. The van der Waals surface area contributed by atoms with Crippen LogP contribution in [0.1, 0.15) is 23.6 Å². The zero-order chi connectivity index (χ0) is 13.1. The minimum atomic E-state index is 0. The van der Waals surface area contributed by atoms with Gasteiger partial charge in [0.1, 0.15) is 5.82 Å². The van der Waals surface area contributed by atoms with Crippen molar-refractivity contribution in [2.24, 2.45) is 12.8 Å². The molecule has 1 unspecified atom stereocenters. The van der Waals surface area contributed by atoms with E-state index in [0.29, 0.717) is 6.54 Å². The summed E-state index contributed by atoms with van der Waals surface area (Å²) in [6.07, 6.45) is 1.22. The van der Waals surface area contributed by atoms with Crippen LogP contribution in [0.5, 0.6) is 0 Å². The van der Waals surface area contributed by atoms with Gasteiger partial charge in [-0.1, -0.05) is 0 Å². The number of rotatable bonds is 4. The normalized spacial score (nSPS) is 19.3. The van der Waals surface area contributed by atoms with Crippen LogP contribution in [0.25, 0.3) is 0 Å². The number of aromatic nitrogens is 2. The SMILES string of the molecule is Cc1nc(CN2CCOC(CCN)C2)n(C)c1C.Cl.Cl. The van der Waals surface area contributed by atoms with E-state index in [-0.39, 0.29) is 30.9 Å². The van der Waals surface area contributed by atoms with E-state index in [2.05, 4.69) is 35.3 Å². The van der Waals surface area contributed by atoms with Crippen LogP contribution in [0.2, 0.25) is 0 Å². The van der Waals surface area contributed by atoms with Gasteiger partial charge < -0.3 is 15.0 Å². The van der Waals surface area contributed by atoms with Crippen LogP contribution in [-0.4, -0.2) is 46.8 Å². The highest BCUT2D eigenvalue weighted by atomic mass is 35.5. The van der Waals surface area contributed by atoms with Gasteiger partial charge in [0.2, 0.25) is 0 Å². The van der Waals surface area contributed by atoms with E-state index in [9.17, 15) is 0 Å². The molecule has 2 heterocycles. The molecule has 2 N–H and O–H groups in total. The molecule has 1 aromatic rings. The molecule has 0 radical (unpaired) electrons. The van der Waals surface area contributed by atoms with E-state index in [1.54, 1.807) is 0 Å². The number of halogens is 2. The van der Waals surface area contributed by atoms with Gasteiger partial charge in [0.15, 0.2) is 0 Å². The zero-order valence-corrected chi connectivity index (χ0v) is 14.1. The minimum Gasteiger partial charge on any atom is -0.376 e. The molecule has 1 saturated heterocycles. The van der Waals surface area contributed by atoms with Gasteiger partial charge in [-0.25, -0.2) is 4.98 Å². The van der Waals surface area contributed by atoms with E-state index >= 15 is 0 Å². The summed E-state index contributed by atoms with van der Waals surface area (Å²) >= 11 is 0. The van der Waals surface area contributed by atoms with Gasteiger partial charge in [0.05, 0.1) is 24.9 Å². The van der Waals surface area contributed by atoms with E-state index in [4.69, 9.17) is 10.5 Å². The standard InChI is InChI=1S/C13H24N4O.2ClH/c1-10-11(2)16(3)13(15-10)9-17-6-7-18-12(8-17)4-5-14;;/h12H,4-9,14H2,1-3H3;2*1H. The Morgan fingerprint density at radius 2 is 2.05 bits per heavy atom. The van der Waals surface area contributed by atoms with Crippen LogP contribution in [0.15, 0.2) is 0 Å². The minimum absolute atomic E-state index is 0. The monoisotopic (exact) mass is 324 g/mol. The third-order valence-corrected chi connectivity index (χ3v) is 3.79. The van der Waals surface area contributed by atoms with E-state index < -0.39 is 0 Å². The van der Waals surface area contributed by atoms with Crippen LogP contribution in [0.3, 0.4) is 0 Å². The fraction of sp³-hybridized carbons (Fsp3) is 0.769. The third-order valence-electron chi connectivity index (χ3n) is 3.79. The van der Waals surface area contributed by atoms with Gasteiger partial charge in [-0.15, -0.1) is 24.8 Å². The predicted octanol–water partition coefficient (Wildman–Crippen LogP) is 1.43. The first-order valence-electron chi connectivity index (χ1n) is 6.64. The summed E-state index contributed by atoms with van der Waals surface area (Å²) in [5.74, 6) is 1.14. The van der Waals surface area contributed by atoms with Gasteiger partial charge in [0, 0.05) is 25.8 Å². The second kappa shape index (κ2) is 8.85. The molecule has 118 valence electrons. The van der Waals surface area contributed by atoms with Gasteiger partial charge >= 0.3 is 0 Å². The number of morpholine rings is 1. The van der Waals surface area contributed by atoms with Crippen LogP contribution >= 0.6 is 24.8 Å². The molecule has 0 bridgehead atoms. The van der Waals surface area contributed by atoms with Crippen molar-refractivity contribution in [2.75, 3.05) is 26.2 Å². The van der Waals surface area contributed by atoms with Crippen LogP contribution in [0.4, 0.5) is 0 Å². The quantitative estimate of drug-likeness (QED) is 0.910. The van der Waals surface area contributed by atoms with Crippen molar-refractivity contribution >= 4 is 24.8 Å². The van der Waals surface area contributed by atoms with Crippen molar-refractivity contribution in [2.45, 2.75) is 32.9 Å². The maximum Gasteiger partial charge on any atom is 0.123 e. The number of imidazole rings is 1. The molecule has 0 spiro atoms. The molecule has 1 atom stereocenters. The number of hydrogen-bond donors (Lipinski definition) is 1. The Hall–Kier alpha value is -0.330. The highest BCUT2D eigenvalue weighted by Gasteiger charge is 2.21. The molecule has 2 rings (SSSR count). The largest absolute Gasteiger partial charge is 0.376 e. The maximum atomic E-state index is 5.70. The highest BCUT2D eigenvalue weighted by molar-refractivity contribution is 5.85. The Morgan fingerprint density at radius 3 is 2.60 bits per heavy atom. The summed E-state index contributed by atoms with van der Waals surface area (Å²) in [6, 6.07) is 0. The first kappa shape index (κ1) is 19.7. The number of nitrogens with two attached hydrogens (primary N) is 1. The lowest BCUT2D eigenvalue weighted by atomic mass is 10.2. The Morgan fingerprint density at radius 1 is 1.35 bits per heavy atom. The molecule has 5 nitrogen and oxygen atoms in total. The van der Waals surface area contributed by atoms with Gasteiger partial charge in [0.25, 0.3) is 0 Å². The maximum absolute atomic E-state index is 5.70. The number of ether oxygens (including phenoxy) is 1. The molecular weight excluding hydrogens is 299 g/mol. The Balaban J connectivity index is 0.00000180. The molecule has 0 amide bonds. The first-order chi connectivity index (χ1) is 8.61. The zero-order valence-electron chi connectivity index (χ0n) is 12.5. The molecule has 7 heteroatoms. The van der Waals surface area contributed by atoms with E-state index in [1.165, 1.54) is 5.69 Å². The molecule has 1 aliphatic rings. The summed E-state index contributed by atoms with van der Waals surface area (Å²) in [5, 5.41) is 0. The van der Waals surface area contributed by atoms with Gasteiger partial charge in [-0.3, -0.25) is 4.90 Å². The summed E-state index contributed by atoms with van der Waals surface area (Å²) in [6.45, 7) is 8.51. The molecule has 1 fully saturated rings. The van der Waals surface area contributed by atoms with Crippen molar-refractivity contribution in [1.29, 1.82) is 0 Å². The average Bonchev–Trinajstić information content (AvgIpc) is 2.58. The highest BCUT2D eigenvalue weighted by Crippen LogP contribution is 2.14. The molecular formula is C13H26Cl2N4O. The lowest BCUT2D eigenvalue weighted by Gasteiger charge is -2.32. The lowest BCUT2D eigenvalue weighted by Crippen LogP contribution is -2.43. The lowest BCUT2D eigenvalue weighted by molar-refractivity contribution is -0.0344. The molecule has 1 aliphatic heterocycles. The van der Waals surface area contributed by atoms with Gasteiger partial charge in [-0.05, 0) is 26.8 Å². The van der Waals surface area contributed by atoms with Crippen molar-refractivity contribution in [3.05, 3.63) is 17.2 Å². The van der Waals surface area contributed by atoms with Crippen LogP contribution < -0.4 is 5.73 Å². The fourth-order valence-corrected chi connectivity index (χ4v) is 2.41. The molecule has 0 saturated carbocycles. The van der Waals surface area contributed by atoms with Gasteiger partial charge in [-0.2, -0.15) is 0 Å². The van der Waals surface area contributed by atoms with Crippen LogP contribution in [0, 0.1) is 13.8 Å². The fourth-order valence-electron chi connectivity index (χ4n) is 2.41. The summed E-state index contributed by atoms with van der Waals surface area (Å²) in [7, 11) is 2.09. The molecule has 1 aromatic heterocycles. The number of nitrogens with zero attached hydrogens (tertiary/aromatic N) is 3.